The van der Waals surface area contributed by atoms with Gasteiger partial charge in [-0.1, -0.05) is 6.07 Å². The molecule has 6 aromatic rings. The first-order valence-electron chi connectivity index (χ1n) is 16.1. The Hall–Kier alpha value is -4.96. The minimum absolute atomic E-state index is 0.00655. The Bertz CT molecular complexity index is 2280. The van der Waals surface area contributed by atoms with Crippen LogP contribution in [0.5, 0.6) is 5.75 Å². The van der Waals surface area contributed by atoms with Gasteiger partial charge in [0.1, 0.15) is 16.9 Å². The highest BCUT2D eigenvalue weighted by Gasteiger charge is 2.47. The molecule has 3 atom stereocenters. The Morgan fingerprint density at radius 2 is 1.89 bits per heavy atom. The number of aromatic amines is 1. The molecule has 1 saturated heterocycles. The number of aromatic nitrogens is 5. The summed E-state index contributed by atoms with van der Waals surface area (Å²) in [6, 6.07) is 18.0. The molecule has 3 fully saturated rings. The largest absolute Gasteiger partial charge is 0.494 e. The number of hydrogen-bond donors (Lipinski definition) is 2. The summed E-state index contributed by atoms with van der Waals surface area (Å²) in [7, 11) is 3.64. The van der Waals surface area contributed by atoms with E-state index in [0.29, 0.717) is 35.1 Å². The third-order valence-electron chi connectivity index (χ3n) is 10.5. The smallest absolute Gasteiger partial charge is 0.255 e. The van der Waals surface area contributed by atoms with Gasteiger partial charge in [-0.25, -0.2) is 9.97 Å². The fourth-order valence-electron chi connectivity index (χ4n) is 7.83. The van der Waals surface area contributed by atoms with Crippen molar-refractivity contribution >= 4 is 38.7 Å². The van der Waals surface area contributed by atoms with Crippen LogP contribution in [0.1, 0.15) is 36.0 Å². The number of carbonyl (C=O) groups excluding carboxylic acids is 1. The first-order valence-corrected chi connectivity index (χ1v) is 16.1. The molecule has 10 nitrogen and oxygen atoms in total. The predicted molar refractivity (Wildman–Crippen MR) is 178 cm³/mol. The molecular weight excluding hydrogens is 578 g/mol. The van der Waals surface area contributed by atoms with Crippen molar-refractivity contribution in [1.29, 1.82) is 0 Å². The zero-order valence-electron chi connectivity index (χ0n) is 25.9. The number of piperidine rings is 1. The van der Waals surface area contributed by atoms with Crippen LogP contribution in [0.15, 0.2) is 65.6 Å². The number of H-pyrrole nitrogens is 1. The maximum atomic E-state index is 13.7. The lowest BCUT2D eigenvalue weighted by Crippen LogP contribution is -2.41. The molecule has 9 rings (SSSR count). The third-order valence-corrected chi connectivity index (χ3v) is 10.5. The van der Waals surface area contributed by atoms with Crippen LogP contribution in [0.25, 0.3) is 55.6 Å². The van der Waals surface area contributed by atoms with Crippen LogP contribution in [0.4, 0.5) is 0 Å². The van der Waals surface area contributed by atoms with E-state index in [0.717, 1.165) is 69.6 Å². The zero-order valence-corrected chi connectivity index (χ0v) is 25.9. The first kappa shape index (κ1) is 27.4. The van der Waals surface area contributed by atoms with Gasteiger partial charge in [-0.3, -0.25) is 9.59 Å². The second-order valence-electron chi connectivity index (χ2n) is 13.3. The molecule has 10 heteroatoms. The molecule has 3 N–H and O–H groups in total. The number of rotatable bonds is 6. The Morgan fingerprint density at radius 1 is 1.02 bits per heavy atom. The molecule has 1 amide bonds. The Kier molecular flexibility index (Phi) is 5.96. The number of likely N-dealkylation sites (tertiary alicyclic amines) is 1. The number of methoxy groups -OCH3 is 1. The zero-order chi connectivity index (χ0) is 31.3. The van der Waals surface area contributed by atoms with Gasteiger partial charge in [0.25, 0.3) is 11.5 Å². The normalized spacial score (nSPS) is 20.8. The SMILES string of the molecule is COc1cc(C(=O)N2C[C@H]3CC[C@@H]2[C@@H]3N)cc2nc(-c3cc4ccc(-c5ccc6c(=O)[nH]ccc6c5)nc4n3CC3CC3)n(C)c12. The fourth-order valence-corrected chi connectivity index (χ4v) is 7.83. The first-order chi connectivity index (χ1) is 22.4. The number of ether oxygens (including phenoxy) is 1. The van der Waals surface area contributed by atoms with Gasteiger partial charge < -0.3 is 29.5 Å². The van der Waals surface area contributed by atoms with Gasteiger partial charge in [-0.2, -0.15) is 0 Å². The van der Waals surface area contributed by atoms with E-state index in [4.69, 9.17) is 20.4 Å². The molecule has 2 aromatic carbocycles. The molecule has 2 saturated carbocycles. The van der Waals surface area contributed by atoms with Crippen molar-refractivity contribution in [1.82, 2.24) is 29.0 Å². The van der Waals surface area contributed by atoms with Crippen molar-refractivity contribution < 1.29 is 9.53 Å². The number of nitrogens with two attached hydrogens (primary N) is 1. The van der Waals surface area contributed by atoms with Gasteiger partial charge in [0.05, 0.1) is 24.0 Å². The van der Waals surface area contributed by atoms with Crippen molar-refractivity contribution in [2.45, 2.75) is 44.3 Å². The number of fused-ring (bicyclic) bond motifs is 5. The van der Waals surface area contributed by atoms with Gasteiger partial charge in [0.2, 0.25) is 0 Å². The Balaban J connectivity index is 1.16. The van der Waals surface area contributed by atoms with Crippen LogP contribution < -0.4 is 16.0 Å². The van der Waals surface area contributed by atoms with Gasteiger partial charge >= 0.3 is 0 Å². The highest BCUT2D eigenvalue weighted by atomic mass is 16.5. The van der Waals surface area contributed by atoms with E-state index in [-0.39, 0.29) is 23.6 Å². The monoisotopic (exact) mass is 613 g/mol. The van der Waals surface area contributed by atoms with Crippen molar-refractivity contribution in [2.75, 3.05) is 13.7 Å². The van der Waals surface area contributed by atoms with E-state index in [1.165, 1.54) is 12.8 Å². The standard InChI is InChI=1S/C36H35N7O3/c1-41-32-27(14-24(16-30(32)46-2)36(45)43-18-23-7-10-28(43)31(23)37)40-34(41)29-15-22-6-9-26(39-33(22)42(29)17-19-3-4-19)21-5-8-25-20(13-21)11-12-38-35(25)44/h5-6,8-9,11-16,19,23,28,31H,3-4,7,10,17-18,37H2,1-2H3,(H,38,44)/t23-,28-,31-/m1/s1. The summed E-state index contributed by atoms with van der Waals surface area (Å²) in [6.45, 7) is 1.57. The molecule has 5 heterocycles. The Labute approximate surface area is 264 Å². The van der Waals surface area contributed by atoms with Crippen molar-refractivity contribution in [2.24, 2.45) is 24.6 Å². The summed E-state index contributed by atoms with van der Waals surface area (Å²) in [5.74, 6) is 2.39. The maximum absolute atomic E-state index is 13.7. The van der Waals surface area contributed by atoms with Crippen molar-refractivity contribution in [3.05, 3.63) is 76.7 Å². The molecule has 4 aromatic heterocycles. The number of nitrogens with zero attached hydrogens (tertiary/aromatic N) is 5. The molecule has 3 aliphatic rings. The summed E-state index contributed by atoms with van der Waals surface area (Å²) >= 11 is 0. The van der Waals surface area contributed by atoms with Crippen LogP contribution in [0, 0.1) is 11.8 Å². The number of benzene rings is 2. The highest BCUT2D eigenvalue weighted by Crippen LogP contribution is 2.40. The molecule has 2 bridgehead atoms. The number of hydrogen-bond acceptors (Lipinski definition) is 6. The second kappa shape index (κ2) is 10.0. The van der Waals surface area contributed by atoms with Crippen LogP contribution in [-0.2, 0) is 13.6 Å². The molecule has 2 aliphatic carbocycles. The highest BCUT2D eigenvalue weighted by molar-refractivity contribution is 6.00. The predicted octanol–water partition coefficient (Wildman–Crippen LogP) is 5.08. The van der Waals surface area contributed by atoms with E-state index in [1.807, 2.05) is 54.4 Å². The number of amides is 1. The lowest BCUT2D eigenvalue weighted by Gasteiger charge is -2.27. The lowest BCUT2D eigenvalue weighted by molar-refractivity contribution is 0.0700. The maximum Gasteiger partial charge on any atom is 0.255 e. The number of pyridine rings is 2. The summed E-state index contributed by atoms with van der Waals surface area (Å²) < 4.78 is 10.2. The topological polar surface area (TPSA) is 124 Å². The fraction of sp³-hybridized carbons (Fsp3) is 0.333. The third kappa shape index (κ3) is 4.12. The minimum Gasteiger partial charge on any atom is -0.494 e. The van der Waals surface area contributed by atoms with Crippen LogP contribution in [-0.4, -0.2) is 60.6 Å². The Morgan fingerprint density at radius 3 is 2.65 bits per heavy atom. The molecule has 0 unspecified atom stereocenters. The van der Waals surface area contributed by atoms with Crippen molar-refractivity contribution in [3.8, 4) is 28.5 Å². The molecule has 0 spiro atoms. The van der Waals surface area contributed by atoms with E-state index < -0.39 is 0 Å². The average Bonchev–Trinajstić information content (AvgIpc) is 3.47. The minimum atomic E-state index is -0.0989. The average molecular weight is 614 g/mol. The van der Waals surface area contributed by atoms with Crippen LogP contribution in [0.2, 0.25) is 0 Å². The number of carbonyl (C=O) groups is 1. The molecule has 232 valence electrons. The molecule has 0 radical (unpaired) electrons. The quantitative estimate of drug-likeness (QED) is 0.270. The molecule has 46 heavy (non-hydrogen) atoms. The lowest BCUT2D eigenvalue weighted by atomic mass is 10.1. The number of aryl methyl sites for hydroxylation is 1. The van der Waals surface area contributed by atoms with E-state index in [1.54, 1.807) is 13.3 Å². The number of nitrogens with one attached hydrogen (secondary N) is 1. The number of imidazole rings is 1. The summed E-state index contributed by atoms with van der Waals surface area (Å²) in [6.07, 6.45) is 6.13. The van der Waals surface area contributed by atoms with E-state index in [2.05, 4.69) is 26.3 Å². The van der Waals surface area contributed by atoms with Crippen LogP contribution >= 0.6 is 0 Å². The van der Waals surface area contributed by atoms with Gasteiger partial charge in [0, 0.05) is 60.3 Å². The van der Waals surface area contributed by atoms with Gasteiger partial charge in [0.15, 0.2) is 5.82 Å². The van der Waals surface area contributed by atoms with E-state index in [9.17, 15) is 9.59 Å². The molecular formula is C36H35N7O3. The second-order valence-corrected chi connectivity index (χ2v) is 13.3. The van der Waals surface area contributed by atoms with E-state index >= 15 is 0 Å². The van der Waals surface area contributed by atoms with Crippen molar-refractivity contribution in [3.63, 3.8) is 0 Å². The summed E-state index contributed by atoms with van der Waals surface area (Å²) in [4.78, 5) is 41.0. The van der Waals surface area contributed by atoms with Gasteiger partial charge in [-0.05, 0) is 91.4 Å². The summed E-state index contributed by atoms with van der Waals surface area (Å²) in [5.41, 5.74) is 12.2. The van der Waals surface area contributed by atoms with Gasteiger partial charge in [-0.15, -0.1) is 0 Å². The van der Waals surface area contributed by atoms with Crippen LogP contribution in [0.3, 0.4) is 0 Å². The molecule has 1 aliphatic heterocycles. The summed E-state index contributed by atoms with van der Waals surface area (Å²) in [5, 5.41) is 2.57.